The molecule has 1 aromatic carbocycles. The van der Waals surface area contributed by atoms with Crippen LogP contribution >= 0.6 is 15.9 Å². The van der Waals surface area contributed by atoms with Crippen LogP contribution in [0.25, 0.3) is 0 Å². The molecule has 1 N–H and O–H groups in total. The van der Waals surface area contributed by atoms with Crippen molar-refractivity contribution in [3.8, 4) is 0 Å². The summed E-state index contributed by atoms with van der Waals surface area (Å²) in [5.41, 5.74) is 0.762. The molecule has 0 aromatic heterocycles. The van der Waals surface area contributed by atoms with Gasteiger partial charge in [0.1, 0.15) is 5.82 Å². The van der Waals surface area contributed by atoms with Gasteiger partial charge in [0, 0.05) is 17.1 Å². The van der Waals surface area contributed by atoms with Crippen molar-refractivity contribution < 1.29 is 17.6 Å². The average Bonchev–Trinajstić information content (AvgIpc) is 2.37. The van der Waals surface area contributed by atoms with E-state index in [0.29, 0.717) is 23.9 Å². The summed E-state index contributed by atoms with van der Waals surface area (Å²) in [6.07, 6.45) is -2.00. The zero-order chi connectivity index (χ0) is 14.8. The zero-order valence-electron chi connectivity index (χ0n) is 10.8. The van der Waals surface area contributed by atoms with Crippen molar-refractivity contribution in [3.05, 3.63) is 34.1 Å². The minimum absolute atomic E-state index is 0.186. The van der Waals surface area contributed by atoms with E-state index in [-0.39, 0.29) is 12.2 Å². The largest absolute Gasteiger partial charge is 0.393 e. The predicted molar refractivity (Wildman–Crippen MR) is 72.7 cm³/mol. The molecule has 1 saturated carbocycles. The monoisotopic (exact) mass is 353 g/mol. The molecule has 1 aromatic rings. The van der Waals surface area contributed by atoms with Gasteiger partial charge in [-0.3, -0.25) is 0 Å². The molecular weight excluding hydrogens is 338 g/mol. The molecule has 0 radical (unpaired) electrons. The van der Waals surface area contributed by atoms with Crippen molar-refractivity contribution in [2.45, 2.75) is 44.4 Å². The summed E-state index contributed by atoms with van der Waals surface area (Å²) in [6.45, 7) is 0.304. The fraction of sp³-hybridized carbons (Fsp3) is 0.571. The molecule has 112 valence electrons. The number of hydrogen-bond acceptors (Lipinski definition) is 1. The van der Waals surface area contributed by atoms with Crippen LogP contribution in [-0.2, 0) is 6.54 Å². The van der Waals surface area contributed by atoms with E-state index in [4.69, 9.17) is 0 Å². The van der Waals surface area contributed by atoms with Gasteiger partial charge >= 0.3 is 6.18 Å². The molecule has 1 aliphatic rings. The van der Waals surface area contributed by atoms with Crippen LogP contribution in [0.5, 0.6) is 0 Å². The average molecular weight is 354 g/mol. The van der Waals surface area contributed by atoms with Crippen LogP contribution in [0.4, 0.5) is 17.6 Å². The second kappa shape index (κ2) is 6.43. The third kappa shape index (κ3) is 3.95. The van der Waals surface area contributed by atoms with Gasteiger partial charge < -0.3 is 5.32 Å². The second-order valence-corrected chi connectivity index (χ2v) is 6.01. The van der Waals surface area contributed by atoms with Gasteiger partial charge in [-0.25, -0.2) is 4.39 Å². The number of nitrogens with one attached hydrogen (secondary N) is 1. The SMILES string of the molecule is Fc1ccc(CNC2CCCCC2C(F)(F)F)c(Br)c1. The standard InChI is InChI=1S/C14H16BrF4N/c15-12-7-10(16)6-5-9(12)8-20-13-4-2-1-3-11(13)14(17,18)19/h5-7,11,13,20H,1-4,8H2. The molecule has 2 atom stereocenters. The van der Waals surface area contributed by atoms with Gasteiger partial charge in [-0.1, -0.05) is 34.8 Å². The number of benzene rings is 1. The van der Waals surface area contributed by atoms with E-state index in [9.17, 15) is 17.6 Å². The van der Waals surface area contributed by atoms with E-state index >= 15 is 0 Å². The Morgan fingerprint density at radius 1 is 1.20 bits per heavy atom. The van der Waals surface area contributed by atoms with Gasteiger partial charge in [0.05, 0.1) is 5.92 Å². The van der Waals surface area contributed by atoms with E-state index < -0.39 is 18.1 Å². The van der Waals surface area contributed by atoms with Crippen molar-refractivity contribution in [1.82, 2.24) is 5.32 Å². The van der Waals surface area contributed by atoms with E-state index in [2.05, 4.69) is 21.2 Å². The normalized spacial score (nSPS) is 23.9. The molecule has 0 saturated heterocycles. The lowest BCUT2D eigenvalue weighted by Gasteiger charge is -2.33. The molecule has 0 bridgehead atoms. The summed E-state index contributed by atoms with van der Waals surface area (Å²) < 4.78 is 52.4. The fourth-order valence-electron chi connectivity index (χ4n) is 2.67. The van der Waals surface area contributed by atoms with Crippen LogP contribution in [0.1, 0.15) is 31.2 Å². The maximum absolute atomic E-state index is 13.0. The Kier molecular flexibility index (Phi) is 5.07. The van der Waals surface area contributed by atoms with E-state index in [1.54, 1.807) is 6.07 Å². The van der Waals surface area contributed by atoms with Crippen molar-refractivity contribution >= 4 is 15.9 Å². The van der Waals surface area contributed by atoms with Crippen molar-refractivity contribution in [2.24, 2.45) is 5.92 Å². The lowest BCUT2D eigenvalue weighted by molar-refractivity contribution is -0.189. The van der Waals surface area contributed by atoms with Gasteiger partial charge in [-0.2, -0.15) is 13.2 Å². The molecule has 1 nitrogen and oxygen atoms in total. The Labute approximate surface area is 123 Å². The molecule has 0 spiro atoms. The van der Waals surface area contributed by atoms with Crippen molar-refractivity contribution in [2.75, 3.05) is 0 Å². The van der Waals surface area contributed by atoms with Crippen LogP contribution in [0.15, 0.2) is 22.7 Å². The first-order valence-electron chi connectivity index (χ1n) is 6.62. The molecule has 0 heterocycles. The number of alkyl halides is 3. The highest BCUT2D eigenvalue weighted by Crippen LogP contribution is 2.37. The fourth-order valence-corrected chi connectivity index (χ4v) is 3.16. The van der Waals surface area contributed by atoms with Gasteiger partial charge in [-0.15, -0.1) is 0 Å². The zero-order valence-corrected chi connectivity index (χ0v) is 12.4. The Bertz CT molecular complexity index is 461. The van der Waals surface area contributed by atoms with Crippen LogP contribution in [0.2, 0.25) is 0 Å². The lowest BCUT2D eigenvalue weighted by Crippen LogP contribution is -2.45. The maximum atomic E-state index is 13.0. The molecule has 2 unspecified atom stereocenters. The van der Waals surface area contributed by atoms with Gasteiger partial charge in [0.25, 0.3) is 0 Å². The number of rotatable bonds is 3. The Morgan fingerprint density at radius 3 is 2.55 bits per heavy atom. The third-order valence-electron chi connectivity index (χ3n) is 3.76. The quantitative estimate of drug-likeness (QED) is 0.769. The Morgan fingerprint density at radius 2 is 1.90 bits per heavy atom. The van der Waals surface area contributed by atoms with E-state index in [0.717, 1.165) is 12.0 Å². The highest BCUT2D eigenvalue weighted by Gasteiger charge is 2.45. The molecule has 0 aliphatic heterocycles. The first-order valence-corrected chi connectivity index (χ1v) is 7.41. The first-order chi connectivity index (χ1) is 9.38. The maximum Gasteiger partial charge on any atom is 0.393 e. The van der Waals surface area contributed by atoms with Crippen LogP contribution in [0.3, 0.4) is 0 Å². The van der Waals surface area contributed by atoms with Crippen LogP contribution < -0.4 is 5.32 Å². The molecular formula is C14H16BrF4N. The highest BCUT2D eigenvalue weighted by molar-refractivity contribution is 9.10. The summed E-state index contributed by atoms with van der Waals surface area (Å²) in [7, 11) is 0. The molecule has 20 heavy (non-hydrogen) atoms. The minimum Gasteiger partial charge on any atom is -0.309 e. The Balaban J connectivity index is 2.01. The predicted octanol–water partition coefficient (Wildman–Crippen LogP) is 4.80. The lowest BCUT2D eigenvalue weighted by atomic mass is 9.84. The summed E-state index contributed by atoms with van der Waals surface area (Å²) >= 11 is 3.22. The summed E-state index contributed by atoms with van der Waals surface area (Å²) in [5, 5.41) is 2.98. The smallest absolute Gasteiger partial charge is 0.309 e. The van der Waals surface area contributed by atoms with Crippen LogP contribution in [0, 0.1) is 11.7 Å². The van der Waals surface area contributed by atoms with Gasteiger partial charge in [-0.05, 0) is 30.5 Å². The van der Waals surface area contributed by atoms with Crippen LogP contribution in [-0.4, -0.2) is 12.2 Å². The first kappa shape index (κ1) is 15.8. The highest BCUT2D eigenvalue weighted by atomic mass is 79.9. The molecule has 0 amide bonds. The topological polar surface area (TPSA) is 12.0 Å². The van der Waals surface area contributed by atoms with E-state index in [1.165, 1.54) is 12.1 Å². The molecule has 1 fully saturated rings. The third-order valence-corrected chi connectivity index (χ3v) is 4.49. The van der Waals surface area contributed by atoms with E-state index in [1.807, 2.05) is 0 Å². The summed E-state index contributed by atoms with van der Waals surface area (Å²) in [6, 6.07) is 3.65. The second-order valence-electron chi connectivity index (χ2n) is 5.16. The van der Waals surface area contributed by atoms with Gasteiger partial charge in [0.15, 0.2) is 0 Å². The minimum atomic E-state index is -4.15. The molecule has 6 heteroatoms. The molecule has 1 aliphatic carbocycles. The van der Waals surface area contributed by atoms with Gasteiger partial charge in [0.2, 0.25) is 0 Å². The van der Waals surface area contributed by atoms with Crippen molar-refractivity contribution in [3.63, 3.8) is 0 Å². The Hall–Kier alpha value is -0.620. The number of halogens is 5. The number of hydrogen-bond donors (Lipinski definition) is 1. The summed E-state index contributed by atoms with van der Waals surface area (Å²) in [4.78, 5) is 0. The molecule has 2 rings (SSSR count). The summed E-state index contributed by atoms with van der Waals surface area (Å²) in [5.74, 6) is -1.65. The van der Waals surface area contributed by atoms with Crippen molar-refractivity contribution in [1.29, 1.82) is 0 Å².